The molecule has 0 bridgehead atoms. The van der Waals surface area contributed by atoms with Gasteiger partial charge in [-0.15, -0.1) is 0 Å². The molecule has 0 saturated heterocycles. The second-order valence-corrected chi connectivity index (χ2v) is 9.07. The molecule has 0 radical (unpaired) electrons. The number of hydrogen-bond acceptors (Lipinski definition) is 9. The second kappa shape index (κ2) is 16.2. The van der Waals surface area contributed by atoms with E-state index in [1.165, 1.54) is 0 Å². The van der Waals surface area contributed by atoms with Crippen LogP contribution in [-0.4, -0.2) is 63.1 Å². The molecule has 0 amide bonds. The lowest BCUT2D eigenvalue weighted by molar-refractivity contribution is -0.149. The molecule has 4 aromatic carbocycles. The van der Waals surface area contributed by atoms with Gasteiger partial charge in [0.05, 0.1) is 13.2 Å². The number of ketones is 2. The van der Waals surface area contributed by atoms with Crippen LogP contribution in [0.1, 0.15) is 31.8 Å². The Morgan fingerprint density at radius 2 is 0.767 bits per heavy atom. The maximum atomic E-state index is 12.4. The zero-order valence-electron chi connectivity index (χ0n) is 23.3. The third-order valence-electron chi connectivity index (χ3n) is 6.00. The predicted molar refractivity (Wildman–Crippen MR) is 156 cm³/mol. The highest BCUT2D eigenvalue weighted by Crippen LogP contribution is 2.17. The summed E-state index contributed by atoms with van der Waals surface area (Å²) in [7, 11) is 0. The fraction of sp³-hybridized carbons (Fsp3) is 0.176. The maximum Gasteiger partial charge on any atom is 0.344 e. The van der Waals surface area contributed by atoms with Crippen LogP contribution in [0.4, 0.5) is 0 Å². The van der Waals surface area contributed by atoms with Crippen molar-refractivity contribution in [1.82, 2.24) is 0 Å². The molecule has 0 aliphatic heterocycles. The Balaban J connectivity index is 1.02. The highest BCUT2D eigenvalue weighted by Gasteiger charge is 2.11. The van der Waals surface area contributed by atoms with E-state index in [4.69, 9.17) is 23.7 Å². The normalized spacial score (nSPS) is 10.4. The third kappa shape index (κ3) is 9.94. The highest BCUT2D eigenvalue weighted by molar-refractivity contribution is 6.09. The number of hydrogen-bond donors (Lipinski definition) is 0. The lowest BCUT2D eigenvalue weighted by Crippen LogP contribution is -2.20. The quantitative estimate of drug-likeness (QED) is 0.105. The average molecular weight is 583 g/mol. The molecule has 0 aliphatic carbocycles. The largest absolute Gasteiger partial charge is 0.482 e. The lowest BCUT2D eigenvalue weighted by atomic mass is 10.0. The number of carbonyl (C=O) groups is 4. The van der Waals surface area contributed by atoms with Gasteiger partial charge in [-0.05, 0) is 48.5 Å². The van der Waals surface area contributed by atoms with E-state index in [1.54, 1.807) is 97.1 Å². The smallest absolute Gasteiger partial charge is 0.344 e. The van der Waals surface area contributed by atoms with Crippen LogP contribution >= 0.6 is 0 Å². The van der Waals surface area contributed by atoms with Crippen molar-refractivity contribution in [3.05, 3.63) is 131 Å². The first kappa shape index (κ1) is 30.7. The zero-order chi connectivity index (χ0) is 30.3. The Bertz CT molecular complexity index is 1370. The number of ether oxygens (including phenoxy) is 5. The van der Waals surface area contributed by atoms with Gasteiger partial charge in [-0.25, -0.2) is 9.59 Å². The molecule has 0 atom stereocenters. The van der Waals surface area contributed by atoms with Crippen molar-refractivity contribution >= 4 is 23.5 Å². The van der Waals surface area contributed by atoms with Gasteiger partial charge in [0, 0.05) is 22.3 Å². The van der Waals surface area contributed by atoms with Crippen LogP contribution < -0.4 is 9.47 Å². The van der Waals surface area contributed by atoms with E-state index in [1.807, 2.05) is 12.1 Å². The highest BCUT2D eigenvalue weighted by atomic mass is 16.6. The van der Waals surface area contributed by atoms with Crippen molar-refractivity contribution in [2.24, 2.45) is 0 Å². The van der Waals surface area contributed by atoms with Gasteiger partial charge in [0.2, 0.25) is 0 Å². The van der Waals surface area contributed by atoms with Gasteiger partial charge in [-0.2, -0.15) is 0 Å². The molecule has 0 unspecified atom stereocenters. The molecule has 0 spiro atoms. The van der Waals surface area contributed by atoms with Crippen molar-refractivity contribution in [1.29, 1.82) is 0 Å². The summed E-state index contributed by atoms with van der Waals surface area (Å²) in [5.41, 5.74) is 2.21. The van der Waals surface area contributed by atoms with Crippen molar-refractivity contribution in [2.75, 3.05) is 39.6 Å². The topological polar surface area (TPSA) is 114 Å². The van der Waals surface area contributed by atoms with E-state index in [2.05, 4.69) is 0 Å². The fourth-order valence-electron chi connectivity index (χ4n) is 3.82. The van der Waals surface area contributed by atoms with Gasteiger partial charge in [0.15, 0.2) is 24.8 Å². The summed E-state index contributed by atoms with van der Waals surface area (Å²) in [6.07, 6.45) is 0. The Labute approximate surface area is 248 Å². The lowest BCUT2D eigenvalue weighted by Gasteiger charge is -2.09. The minimum absolute atomic E-state index is 0.00648. The molecule has 43 heavy (non-hydrogen) atoms. The first-order valence-electron chi connectivity index (χ1n) is 13.5. The zero-order valence-corrected chi connectivity index (χ0v) is 23.3. The first-order valence-corrected chi connectivity index (χ1v) is 13.5. The molecule has 0 heterocycles. The number of carbonyl (C=O) groups excluding carboxylic acids is 4. The Hall–Kier alpha value is -5.28. The molecule has 4 aromatic rings. The van der Waals surface area contributed by atoms with Gasteiger partial charge in [0.25, 0.3) is 0 Å². The maximum absolute atomic E-state index is 12.4. The van der Waals surface area contributed by atoms with E-state index in [0.717, 1.165) is 0 Å². The SMILES string of the molecule is O=C(COc1ccc(C(=O)c2ccccc2)cc1)OCCOCCOC(=O)COc1ccc(C(=O)c2ccccc2)cc1. The summed E-state index contributed by atoms with van der Waals surface area (Å²) in [4.78, 5) is 48.7. The molecule has 0 aromatic heterocycles. The predicted octanol–water partition coefficient (Wildman–Crippen LogP) is 4.71. The van der Waals surface area contributed by atoms with E-state index in [0.29, 0.717) is 33.8 Å². The number of benzene rings is 4. The molecular formula is C34H30O9. The summed E-state index contributed by atoms with van der Waals surface area (Å²) >= 11 is 0. The molecule has 9 nitrogen and oxygen atoms in total. The summed E-state index contributed by atoms with van der Waals surface area (Å²) < 4.78 is 26.2. The number of esters is 2. The van der Waals surface area contributed by atoms with Gasteiger partial charge in [-0.3, -0.25) is 9.59 Å². The van der Waals surface area contributed by atoms with Gasteiger partial charge < -0.3 is 23.7 Å². The van der Waals surface area contributed by atoms with Gasteiger partial charge in [0.1, 0.15) is 24.7 Å². The second-order valence-electron chi connectivity index (χ2n) is 9.07. The van der Waals surface area contributed by atoms with Crippen LogP contribution in [0, 0.1) is 0 Å². The molecule has 4 rings (SSSR count). The first-order chi connectivity index (χ1) is 21.0. The monoisotopic (exact) mass is 582 g/mol. The van der Waals surface area contributed by atoms with Crippen LogP contribution in [0.15, 0.2) is 109 Å². The van der Waals surface area contributed by atoms with E-state index >= 15 is 0 Å². The average Bonchev–Trinajstić information content (AvgIpc) is 3.06. The summed E-state index contributed by atoms with van der Waals surface area (Å²) in [6.45, 7) is -0.349. The molecular weight excluding hydrogens is 552 g/mol. The molecule has 0 N–H and O–H groups in total. The molecule has 220 valence electrons. The molecule has 0 fully saturated rings. The summed E-state index contributed by atoms with van der Waals surface area (Å²) in [5.74, 6) is -0.495. The van der Waals surface area contributed by atoms with E-state index in [9.17, 15) is 19.2 Å². The van der Waals surface area contributed by atoms with Crippen molar-refractivity contribution in [3.8, 4) is 11.5 Å². The van der Waals surface area contributed by atoms with Crippen molar-refractivity contribution < 1.29 is 42.9 Å². The van der Waals surface area contributed by atoms with Gasteiger partial charge in [-0.1, -0.05) is 60.7 Å². The van der Waals surface area contributed by atoms with Crippen molar-refractivity contribution in [2.45, 2.75) is 0 Å². The van der Waals surface area contributed by atoms with Crippen LogP contribution in [0.25, 0.3) is 0 Å². The van der Waals surface area contributed by atoms with Crippen LogP contribution in [0.3, 0.4) is 0 Å². The van der Waals surface area contributed by atoms with E-state index in [-0.39, 0.29) is 51.2 Å². The van der Waals surface area contributed by atoms with Gasteiger partial charge >= 0.3 is 11.9 Å². The van der Waals surface area contributed by atoms with Crippen LogP contribution in [0.5, 0.6) is 11.5 Å². The fourth-order valence-corrected chi connectivity index (χ4v) is 3.82. The Morgan fingerprint density at radius 1 is 0.419 bits per heavy atom. The third-order valence-corrected chi connectivity index (χ3v) is 6.00. The molecule has 9 heteroatoms. The number of rotatable bonds is 16. The minimum Gasteiger partial charge on any atom is -0.482 e. The Kier molecular flexibility index (Phi) is 11.6. The molecule has 0 aliphatic rings. The van der Waals surface area contributed by atoms with E-state index < -0.39 is 11.9 Å². The summed E-state index contributed by atoms with van der Waals surface area (Å²) in [5, 5.41) is 0. The Morgan fingerprint density at radius 3 is 1.14 bits per heavy atom. The standard InChI is InChI=1S/C34H30O9/c35-31(23-42-29-15-11-27(12-16-29)33(37)25-7-3-1-4-8-25)40-21-19-39-20-22-41-32(36)24-43-30-17-13-28(14-18-30)34(38)26-9-5-2-6-10-26/h1-18H,19-24H2. The van der Waals surface area contributed by atoms with Crippen LogP contribution in [-0.2, 0) is 23.8 Å². The summed E-state index contributed by atoms with van der Waals surface area (Å²) in [6, 6.07) is 30.9. The van der Waals surface area contributed by atoms with Crippen molar-refractivity contribution in [3.63, 3.8) is 0 Å². The minimum atomic E-state index is -0.575. The van der Waals surface area contributed by atoms with Crippen LogP contribution in [0.2, 0.25) is 0 Å². The molecule has 0 saturated carbocycles.